The Bertz CT molecular complexity index is 257. The van der Waals surface area contributed by atoms with Gasteiger partial charge in [-0.25, -0.2) is 4.79 Å². The molecule has 0 unspecified atom stereocenters. The van der Waals surface area contributed by atoms with E-state index < -0.39 is 5.60 Å². The number of rotatable bonds is 4. The minimum atomic E-state index is -0.416. The predicted octanol–water partition coefficient (Wildman–Crippen LogP) is 3.19. The number of alkyl halides is 1. The number of hydrogen-bond donors (Lipinski definition) is 0. The van der Waals surface area contributed by atoms with Crippen LogP contribution in [0.15, 0.2) is 0 Å². The maximum absolute atomic E-state index is 11.8. The van der Waals surface area contributed by atoms with Gasteiger partial charge in [0.15, 0.2) is 0 Å². The lowest BCUT2D eigenvalue weighted by molar-refractivity contribution is -0.0109. The maximum atomic E-state index is 11.8. The number of piperidine rings is 1. The van der Waals surface area contributed by atoms with Gasteiger partial charge < -0.3 is 14.4 Å². The van der Waals surface area contributed by atoms with Crippen LogP contribution in [0.2, 0.25) is 0 Å². The molecule has 1 aliphatic heterocycles. The van der Waals surface area contributed by atoms with Crippen molar-refractivity contribution < 1.29 is 14.3 Å². The SMILES string of the molecule is CC(C)(C)OC(=O)N1CCC(OCCCBr)CC1. The van der Waals surface area contributed by atoms with Gasteiger partial charge in [-0.15, -0.1) is 0 Å². The zero-order chi connectivity index (χ0) is 13.6. The van der Waals surface area contributed by atoms with Crippen LogP contribution in [0.3, 0.4) is 0 Å². The van der Waals surface area contributed by atoms with Crippen LogP contribution in [0.4, 0.5) is 4.79 Å². The summed E-state index contributed by atoms with van der Waals surface area (Å²) >= 11 is 3.38. The van der Waals surface area contributed by atoms with E-state index in [0.29, 0.717) is 6.10 Å². The van der Waals surface area contributed by atoms with Crippen molar-refractivity contribution in [3.05, 3.63) is 0 Å². The van der Waals surface area contributed by atoms with Crippen molar-refractivity contribution in [2.24, 2.45) is 0 Å². The molecule has 1 fully saturated rings. The van der Waals surface area contributed by atoms with E-state index in [4.69, 9.17) is 9.47 Å². The molecule has 0 bridgehead atoms. The van der Waals surface area contributed by atoms with E-state index in [-0.39, 0.29) is 6.09 Å². The molecule has 0 N–H and O–H groups in total. The Hall–Kier alpha value is -0.290. The van der Waals surface area contributed by atoms with Crippen molar-refractivity contribution in [1.82, 2.24) is 4.90 Å². The van der Waals surface area contributed by atoms with Gasteiger partial charge in [0.25, 0.3) is 0 Å². The van der Waals surface area contributed by atoms with E-state index >= 15 is 0 Å². The van der Waals surface area contributed by atoms with Gasteiger partial charge in [-0.05, 0) is 40.0 Å². The highest BCUT2D eigenvalue weighted by Gasteiger charge is 2.26. The lowest BCUT2D eigenvalue weighted by Gasteiger charge is -2.33. The van der Waals surface area contributed by atoms with Gasteiger partial charge in [-0.1, -0.05) is 15.9 Å². The Balaban J connectivity index is 2.24. The molecule has 106 valence electrons. The zero-order valence-electron chi connectivity index (χ0n) is 11.6. The average molecular weight is 322 g/mol. The van der Waals surface area contributed by atoms with Gasteiger partial charge in [0, 0.05) is 25.0 Å². The van der Waals surface area contributed by atoms with Gasteiger partial charge in [-0.2, -0.15) is 0 Å². The third kappa shape index (κ3) is 6.05. The fourth-order valence-electron chi connectivity index (χ4n) is 1.84. The van der Waals surface area contributed by atoms with Gasteiger partial charge in [0.2, 0.25) is 0 Å². The summed E-state index contributed by atoms with van der Waals surface area (Å²) in [5.41, 5.74) is -0.416. The van der Waals surface area contributed by atoms with Crippen molar-refractivity contribution >= 4 is 22.0 Å². The summed E-state index contributed by atoms with van der Waals surface area (Å²) in [7, 11) is 0. The number of carbonyl (C=O) groups is 1. The molecule has 1 heterocycles. The third-order valence-corrected chi connectivity index (χ3v) is 3.29. The van der Waals surface area contributed by atoms with Gasteiger partial charge in [-0.3, -0.25) is 0 Å². The fraction of sp³-hybridized carbons (Fsp3) is 0.923. The highest BCUT2D eigenvalue weighted by molar-refractivity contribution is 9.09. The lowest BCUT2D eigenvalue weighted by Crippen LogP contribution is -2.43. The Morgan fingerprint density at radius 2 is 1.94 bits per heavy atom. The minimum absolute atomic E-state index is 0.207. The highest BCUT2D eigenvalue weighted by Crippen LogP contribution is 2.17. The van der Waals surface area contributed by atoms with Crippen molar-refractivity contribution in [3.8, 4) is 0 Å². The van der Waals surface area contributed by atoms with E-state index in [9.17, 15) is 4.79 Å². The molecule has 0 saturated carbocycles. The number of amides is 1. The molecule has 1 aliphatic rings. The first-order valence-corrected chi connectivity index (χ1v) is 7.70. The number of carbonyl (C=O) groups excluding carboxylic acids is 1. The summed E-state index contributed by atoms with van der Waals surface area (Å²) in [4.78, 5) is 13.6. The van der Waals surface area contributed by atoms with Crippen LogP contribution in [-0.4, -0.2) is 47.7 Å². The zero-order valence-corrected chi connectivity index (χ0v) is 13.2. The van der Waals surface area contributed by atoms with Crippen molar-refractivity contribution in [1.29, 1.82) is 0 Å². The molecule has 0 atom stereocenters. The molecule has 18 heavy (non-hydrogen) atoms. The molecule has 0 aromatic rings. The summed E-state index contributed by atoms with van der Waals surface area (Å²) in [5, 5.41) is 0.976. The van der Waals surface area contributed by atoms with Crippen LogP contribution in [0.5, 0.6) is 0 Å². The molecule has 1 amide bonds. The summed E-state index contributed by atoms with van der Waals surface area (Å²) in [6, 6.07) is 0. The van der Waals surface area contributed by atoms with E-state index in [1.54, 1.807) is 4.90 Å². The largest absolute Gasteiger partial charge is 0.444 e. The predicted molar refractivity (Wildman–Crippen MR) is 75.2 cm³/mol. The highest BCUT2D eigenvalue weighted by atomic mass is 79.9. The second kappa shape index (κ2) is 7.34. The lowest BCUT2D eigenvalue weighted by atomic mass is 10.1. The van der Waals surface area contributed by atoms with Crippen LogP contribution >= 0.6 is 15.9 Å². The second-order valence-corrected chi connectivity index (χ2v) is 6.37. The van der Waals surface area contributed by atoms with Crippen LogP contribution in [0, 0.1) is 0 Å². The van der Waals surface area contributed by atoms with Crippen LogP contribution in [0.25, 0.3) is 0 Å². The molecule has 0 aliphatic carbocycles. The molecule has 1 rings (SSSR count). The summed E-state index contributed by atoms with van der Waals surface area (Å²) < 4.78 is 11.1. The van der Waals surface area contributed by atoms with Gasteiger partial charge in [0.1, 0.15) is 5.60 Å². The summed E-state index contributed by atoms with van der Waals surface area (Å²) in [6.45, 7) is 7.92. The van der Waals surface area contributed by atoms with E-state index in [2.05, 4.69) is 15.9 Å². The second-order valence-electron chi connectivity index (χ2n) is 5.58. The minimum Gasteiger partial charge on any atom is -0.444 e. The first kappa shape index (κ1) is 15.8. The number of likely N-dealkylation sites (tertiary alicyclic amines) is 1. The molecule has 5 heteroatoms. The molecule has 1 saturated heterocycles. The van der Waals surface area contributed by atoms with Crippen LogP contribution in [0.1, 0.15) is 40.0 Å². The van der Waals surface area contributed by atoms with E-state index in [0.717, 1.165) is 44.3 Å². The Kier molecular flexibility index (Phi) is 6.43. The number of nitrogens with zero attached hydrogens (tertiary/aromatic N) is 1. The first-order chi connectivity index (χ1) is 8.42. The van der Waals surface area contributed by atoms with Crippen molar-refractivity contribution in [2.45, 2.75) is 51.7 Å². The molecule has 4 nitrogen and oxygen atoms in total. The van der Waals surface area contributed by atoms with Crippen molar-refractivity contribution in [3.63, 3.8) is 0 Å². The number of hydrogen-bond acceptors (Lipinski definition) is 3. The molecular weight excluding hydrogens is 298 g/mol. The molecule has 0 aromatic carbocycles. The molecule has 0 radical (unpaired) electrons. The third-order valence-electron chi connectivity index (χ3n) is 2.73. The van der Waals surface area contributed by atoms with Crippen molar-refractivity contribution in [2.75, 3.05) is 25.0 Å². The summed E-state index contributed by atoms with van der Waals surface area (Å²) in [5.74, 6) is 0. The quantitative estimate of drug-likeness (QED) is 0.589. The van der Waals surface area contributed by atoms with E-state index in [1.807, 2.05) is 20.8 Å². The Morgan fingerprint density at radius 1 is 1.33 bits per heavy atom. The standard InChI is InChI=1S/C13H24BrNO3/c1-13(2,3)18-12(16)15-8-5-11(6-9-15)17-10-4-7-14/h11H,4-10H2,1-3H3. The molecule has 0 aromatic heterocycles. The number of halogens is 1. The maximum Gasteiger partial charge on any atom is 0.410 e. The monoisotopic (exact) mass is 321 g/mol. The van der Waals surface area contributed by atoms with Gasteiger partial charge >= 0.3 is 6.09 Å². The topological polar surface area (TPSA) is 38.8 Å². The number of ether oxygens (including phenoxy) is 2. The smallest absolute Gasteiger partial charge is 0.410 e. The van der Waals surface area contributed by atoms with Gasteiger partial charge in [0.05, 0.1) is 6.10 Å². The molecular formula is C13H24BrNO3. The Morgan fingerprint density at radius 3 is 2.44 bits per heavy atom. The first-order valence-electron chi connectivity index (χ1n) is 6.58. The van der Waals surface area contributed by atoms with Crippen LogP contribution < -0.4 is 0 Å². The fourth-order valence-corrected chi connectivity index (χ4v) is 2.06. The Labute approximate surface area is 118 Å². The normalized spacial score (nSPS) is 17.9. The average Bonchev–Trinajstić information content (AvgIpc) is 2.28. The van der Waals surface area contributed by atoms with Crippen LogP contribution in [-0.2, 0) is 9.47 Å². The van der Waals surface area contributed by atoms with E-state index in [1.165, 1.54) is 0 Å². The molecule has 0 spiro atoms. The summed E-state index contributed by atoms with van der Waals surface area (Å²) in [6.07, 6.45) is 2.93.